The first-order valence-electron chi connectivity index (χ1n) is 5.75. The predicted octanol–water partition coefficient (Wildman–Crippen LogP) is 4.64. The van der Waals surface area contributed by atoms with Crippen LogP contribution in [0.4, 0.5) is 0 Å². The summed E-state index contributed by atoms with van der Waals surface area (Å²) in [7, 11) is 0. The molecule has 0 aliphatic heterocycles. The quantitative estimate of drug-likeness (QED) is 0.825. The van der Waals surface area contributed by atoms with Crippen molar-refractivity contribution < 1.29 is 0 Å². The van der Waals surface area contributed by atoms with Crippen LogP contribution in [0.1, 0.15) is 25.0 Å². The highest BCUT2D eigenvalue weighted by Crippen LogP contribution is 2.30. The third-order valence-corrected chi connectivity index (χ3v) is 4.11. The summed E-state index contributed by atoms with van der Waals surface area (Å²) < 4.78 is 1.00. The Hall–Kier alpha value is -1.18. The molecule has 92 valence electrons. The van der Waals surface area contributed by atoms with Crippen LogP contribution in [0.5, 0.6) is 0 Å². The predicted molar refractivity (Wildman–Crippen MR) is 78.5 cm³/mol. The Bertz CT molecular complexity index is 596. The van der Waals surface area contributed by atoms with Crippen LogP contribution in [0.25, 0.3) is 10.6 Å². The van der Waals surface area contributed by atoms with E-state index in [4.69, 9.17) is 0 Å². The zero-order valence-corrected chi connectivity index (χ0v) is 12.7. The topological polar surface area (TPSA) is 36.7 Å². The number of halogens is 1. The van der Waals surface area contributed by atoms with Gasteiger partial charge in [0, 0.05) is 5.56 Å². The Labute approximate surface area is 119 Å². The number of nitriles is 1. The molecule has 2 nitrogen and oxygen atoms in total. The Kier molecular flexibility index (Phi) is 4.15. The van der Waals surface area contributed by atoms with E-state index in [-0.39, 0.29) is 0 Å². The van der Waals surface area contributed by atoms with Crippen molar-refractivity contribution in [2.45, 2.75) is 20.3 Å². The lowest BCUT2D eigenvalue weighted by Gasteiger charge is -2.08. The summed E-state index contributed by atoms with van der Waals surface area (Å²) in [5, 5.41) is 10.2. The van der Waals surface area contributed by atoms with Gasteiger partial charge in [0.15, 0.2) is 0 Å². The molecular formula is C14H13BrN2S. The van der Waals surface area contributed by atoms with Gasteiger partial charge in [-0.2, -0.15) is 5.26 Å². The maximum atomic E-state index is 9.23. The highest BCUT2D eigenvalue weighted by Gasteiger charge is 2.09. The minimum absolute atomic E-state index is 0.553. The van der Waals surface area contributed by atoms with Crippen LogP contribution in [0.15, 0.2) is 28.2 Å². The highest BCUT2D eigenvalue weighted by molar-refractivity contribution is 9.11. The van der Waals surface area contributed by atoms with Crippen LogP contribution >= 0.6 is 27.3 Å². The number of hydrogen-bond donors (Lipinski definition) is 0. The van der Waals surface area contributed by atoms with Crippen molar-refractivity contribution in [3.63, 3.8) is 0 Å². The van der Waals surface area contributed by atoms with Gasteiger partial charge in [0.05, 0.1) is 21.6 Å². The molecule has 0 radical (unpaired) electrons. The molecular weight excluding hydrogens is 308 g/mol. The number of benzene rings is 1. The molecule has 2 rings (SSSR count). The van der Waals surface area contributed by atoms with Crippen molar-refractivity contribution in [1.82, 2.24) is 4.98 Å². The molecule has 0 fully saturated rings. The van der Waals surface area contributed by atoms with E-state index < -0.39 is 0 Å². The average Bonchev–Trinajstić information content (AvgIpc) is 2.75. The van der Waals surface area contributed by atoms with Gasteiger partial charge < -0.3 is 0 Å². The molecule has 0 saturated carbocycles. The van der Waals surface area contributed by atoms with Gasteiger partial charge in [0.25, 0.3) is 0 Å². The van der Waals surface area contributed by atoms with E-state index in [1.807, 2.05) is 18.2 Å². The van der Waals surface area contributed by atoms with Gasteiger partial charge in [0.1, 0.15) is 5.01 Å². The highest BCUT2D eigenvalue weighted by atomic mass is 79.9. The van der Waals surface area contributed by atoms with Gasteiger partial charge in [-0.15, -0.1) is 11.3 Å². The minimum Gasteiger partial charge on any atom is -0.243 e. The Morgan fingerprint density at radius 3 is 2.78 bits per heavy atom. The second-order valence-electron chi connectivity index (χ2n) is 4.55. The van der Waals surface area contributed by atoms with E-state index in [1.54, 1.807) is 17.5 Å². The van der Waals surface area contributed by atoms with Gasteiger partial charge in [-0.05, 0) is 39.9 Å². The van der Waals surface area contributed by atoms with Crippen LogP contribution < -0.4 is 0 Å². The molecule has 0 spiro atoms. The summed E-state index contributed by atoms with van der Waals surface area (Å²) >= 11 is 4.98. The second-order valence-corrected chi connectivity index (χ2v) is 6.96. The number of aromatic nitrogens is 1. The van der Waals surface area contributed by atoms with E-state index >= 15 is 0 Å². The van der Waals surface area contributed by atoms with Gasteiger partial charge >= 0.3 is 0 Å². The second kappa shape index (κ2) is 5.64. The Morgan fingerprint density at radius 2 is 2.22 bits per heavy atom. The summed E-state index contributed by atoms with van der Waals surface area (Å²) in [5.41, 5.74) is 2.88. The monoisotopic (exact) mass is 320 g/mol. The molecule has 0 atom stereocenters. The fourth-order valence-corrected chi connectivity index (χ4v) is 3.02. The van der Waals surface area contributed by atoms with E-state index in [0.29, 0.717) is 5.92 Å². The molecule has 1 aromatic carbocycles. The van der Waals surface area contributed by atoms with E-state index in [9.17, 15) is 5.26 Å². The summed E-state index contributed by atoms with van der Waals surface area (Å²) in [6, 6.07) is 8.31. The normalized spacial score (nSPS) is 10.6. The maximum Gasteiger partial charge on any atom is 0.124 e. The molecule has 1 aromatic heterocycles. The zero-order valence-electron chi connectivity index (χ0n) is 10.3. The van der Waals surface area contributed by atoms with Gasteiger partial charge in [0.2, 0.25) is 0 Å². The van der Waals surface area contributed by atoms with Gasteiger partial charge in [-0.3, -0.25) is 0 Å². The first-order valence-corrected chi connectivity index (χ1v) is 7.36. The van der Waals surface area contributed by atoms with E-state index in [1.165, 1.54) is 0 Å². The molecule has 0 N–H and O–H groups in total. The molecule has 0 unspecified atom stereocenters. The molecule has 4 heteroatoms. The lowest BCUT2D eigenvalue weighted by molar-refractivity contribution is 0.646. The van der Waals surface area contributed by atoms with Crippen LogP contribution in [0.2, 0.25) is 0 Å². The largest absolute Gasteiger partial charge is 0.243 e. The molecule has 0 bridgehead atoms. The smallest absolute Gasteiger partial charge is 0.124 e. The maximum absolute atomic E-state index is 9.23. The van der Waals surface area contributed by atoms with Crippen molar-refractivity contribution in [2.24, 2.45) is 5.92 Å². The van der Waals surface area contributed by atoms with Crippen LogP contribution in [-0.4, -0.2) is 4.98 Å². The first kappa shape index (κ1) is 13.3. The van der Waals surface area contributed by atoms with Crippen LogP contribution in [0, 0.1) is 17.2 Å². The van der Waals surface area contributed by atoms with Crippen molar-refractivity contribution in [3.05, 3.63) is 39.3 Å². The molecule has 0 saturated heterocycles. The fraction of sp³-hybridized carbons (Fsp3) is 0.286. The molecule has 1 heterocycles. The Morgan fingerprint density at radius 1 is 1.44 bits per heavy atom. The van der Waals surface area contributed by atoms with E-state index in [2.05, 4.69) is 40.8 Å². The summed E-state index contributed by atoms with van der Waals surface area (Å²) in [6.07, 6.45) is 2.72. The SMILES string of the molecule is CC(C)Cc1ccc(-c2ncc(Br)s2)cc1C#N. The molecule has 0 aliphatic rings. The van der Waals surface area contributed by atoms with Crippen molar-refractivity contribution in [2.75, 3.05) is 0 Å². The lowest BCUT2D eigenvalue weighted by Crippen LogP contribution is -1.97. The fourth-order valence-electron chi connectivity index (χ4n) is 1.82. The minimum atomic E-state index is 0.553. The average molecular weight is 321 g/mol. The van der Waals surface area contributed by atoms with Crippen molar-refractivity contribution in [1.29, 1.82) is 5.26 Å². The third-order valence-electron chi connectivity index (χ3n) is 2.58. The zero-order chi connectivity index (χ0) is 13.1. The number of thiazole rings is 1. The van der Waals surface area contributed by atoms with Gasteiger partial charge in [-0.1, -0.05) is 26.0 Å². The van der Waals surface area contributed by atoms with Gasteiger partial charge in [-0.25, -0.2) is 4.98 Å². The first-order chi connectivity index (χ1) is 8.60. The number of rotatable bonds is 3. The molecule has 0 amide bonds. The van der Waals surface area contributed by atoms with Crippen LogP contribution in [-0.2, 0) is 6.42 Å². The number of nitrogens with zero attached hydrogens (tertiary/aromatic N) is 2. The lowest BCUT2D eigenvalue weighted by atomic mass is 9.97. The standard InChI is InChI=1S/C14H13BrN2S/c1-9(2)5-10-3-4-11(6-12(10)7-16)14-17-8-13(15)18-14/h3-4,6,8-9H,5H2,1-2H3. The molecule has 0 aliphatic carbocycles. The third kappa shape index (κ3) is 2.98. The number of hydrogen-bond acceptors (Lipinski definition) is 3. The van der Waals surface area contributed by atoms with Crippen molar-refractivity contribution in [3.8, 4) is 16.6 Å². The molecule has 18 heavy (non-hydrogen) atoms. The summed E-state index contributed by atoms with van der Waals surface area (Å²) in [5.74, 6) is 0.553. The van der Waals surface area contributed by atoms with Crippen LogP contribution in [0.3, 0.4) is 0 Å². The van der Waals surface area contributed by atoms with Crippen molar-refractivity contribution >= 4 is 27.3 Å². The summed E-state index contributed by atoms with van der Waals surface area (Å²) in [6.45, 7) is 4.32. The molecule has 2 aromatic rings. The van der Waals surface area contributed by atoms with E-state index in [0.717, 1.165) is 31.9 Å². The summed E-state index contributed by atoms with van der Waals surface area (Å²) in [4.78, 5) is 4.31. The Balaban J connectivity index is 2.39.